The summed E-state index contributed by atoms with van der Waals surface area (Å²) >= 11 is 0. The van der Waals surface area contributed by atoms with Gasteiger partial charge in [-0.1, -0.05) is 13.8 Å². The molecule has 0 aliphatic heterocycles. The highest BCUT2D eigenvalue weighted by molar-refractivity contribution is 5.93. The first kappa shape index (κ1) is 11.4. The number of rotatable bonds is 1. The van der Waals surface area contributed by atoms with Crippen molar-refractivity contribution in [2.75, 3.05) is 12.8 Å². The Morgan fingerprint density at radius 3 is 2.46 bits per heavy atom. The lowest BCUT2D eigenvalue weighted by atomic mass is 10.3. The van der Waals surface area contributed by atoms with Crippen molar-refractivity contribution < 1.29 is 4.79 Å². The maximum Gasteiger partial charge on any atom is 0.252 e. The Kier molecular flexibility index (Phi) is 5.27. The maximum atomic E-state index is 10.9. The highest BCUT2D eigenvalue weighted by atomic mass is 16.1. The van der Waals surface area contributed by atoms with Crippen LogP contribution in [-0.2, 0) is 0 Å². The van der Waals surface area contributed by atoms with Crippen molar-refractivity contribution in [3.8, 4) is 0 Å². The van der Waals surface area contributed by atoms with Crippen molar-refractivity contribution in [1.29, 1.82) is 0 Å². The Balaban J connectivity index is 0.000000671. The minimum Gasteiger partial charge on any atom is -0.384 e. The van der Waals surface area contributed by atoms with Crippen molar-refractivity contribution in [2.45, 2.75) is 13.8 Å². The van der Waals surface area contributed by atoms with Crippen LogP contribution in [0.3, 0.4) is 0 Å². The van der Waals surface area contributed by atoms with Gasteiger partial charge >= 0.3 is 0 Å². The summed E-state index contributed by atoms with van der Waals surface area (Å²) in [6, 6.07) is 3.21. The standard InChI is InChI=1S/C7H9N3O.C2H6/c1-9-7(11)5-2-3-6(8)10-4-5;1-2/h2-4H,1H3,(H2,8,10)(H,9,11);1-2H3. The number of nitrogen functional groups attached to an aromatic ring is 1. The van der Waals surface area contributed by atoms with Gasteiger partial charge in [-0.05, 0) is 12.1 Å². The molecule has 0 unspecified atom stereocenters. The lowest BCUT2D eigenvalue weighted by molar-refractivity contribution is 0.0963. The first-order chi connectivity index (χ1) is 6.24. The molecule has 0 atom stereocenters. The van der Waals surface area contributed by atoms with Crippen LogP contribution in [0.25, 0.3) is 0 Å². The van der Waals surface area contributed by atoms with Gasteiger partial charge in [-0.2, -0.15) is 0 Å². The maximum absolute atomic E-state index is 10.9. The van der Waals surface area contributed by atoms with Crippen LogP contribution in [0, 0.1) is 0 Å². The molecule has 13 heavy (non-hydrogen) atoms. The number of nitrogens with zero attached hydrogens (tertiary/aromatic N) is 1. The van der Waals surface area contributed by atoms with Gasteiger partial charge in [-0.15, -0.1) is 0 Å². The Morgan fingerprint density at radius 1 is 1.46 bits per heavy atom. The molecular formula is C9H15N3O. The van der Waals surface area contributed by atoms with E-state index in [-0.39, 0.29) is 5.91 Å². The fraction of sp³-hybridized carbons (Fsp3) is 0.333. The van der Waals surface area contributed by atoms with Gasteiger partial charge in [-0.3, -0.25) is 4.79 Å². The second-order valence-electron chi connectivity index (χ2n) is 2.05. The molecule has 1 aromatic rings. The van der Waals surface area contributed by atoms with Crippen LogP contribution in [-0.4, -0.2) is 17.9 Å². The van der Waals surface area contributed by atoms with Crippen LogP contribution in [0.2, 0.25) is 0 Å². The average molecular weight is 181 g/mol. The summed E-state index contributed by atoms with van der Waals surface area (Å²) in [5.74, 6) is 0.259. The molecule has 3 N–H and O–H groups in total. The molecule has 4 heteroatoms. The fourth-order valence-corrected chi connectivity index (χ4v) is 0.684. The van der Waals surface area contributed by atoms with E-state index >= 15 is 0 Å². The van der Waals surface area contributed by atoms with Gasteiger partial charge in [0, 0.05) is 13.2 Å². The Labute approximate surface area is 78.2 Å². The van der Waals surface area contributed by atoms with Crippen LogP contribution in [0.5, 0.6) is 0 Å². The first-order valence-corrected chi connectivity index (χ1v) is 4.17. The molecule has 1 heterocycles. The number of hydrogen-bond donors (Lipinski definition) is 2. The van der Waals surface area contributed by atoms with Gasteiger partial charge in [0.25, 0.3) is 5.91 Å². The Bertz CT molecular complexity index is 256. The number of pyridine rings is 1. The van der Waals surface area contributed by atoms with Crippen molar-refractivity contribution in [3.63, 3.8) is 0 Å². The summed E-state index contributed by atoms with van der Waals surface area (Å²) in [4.78, 5) is 14.7. The average Bonchev–Trinajstić information content (AvgIpc) is 2.21. The molecule has 0 saturated carbocycles. The third-order valence-electron chi connectivity index (χ3n) is 1.28. The zero-order valence-corrected chi connectivity index (χ0v) is 8.16. The largest absolute Gasteiger partial charge is 0.384 e. The molecule has 0 aliphatic carbocycles. The smallest absolute Gasteiger partial charge is 0.252 e. The topological polar surface area (TPSA) is 68.0 Å². The summed E-state index contributed by atoms with van der Waals surface area (Å²) in [6.07, 6.45) is 1.44. The van der Waals surface area contributed by atoms with E-state index in [1.54, 1.807) is 19.2 Å². The van der Waals surface area contributed by atoms with Crippen molar-refractivity contribution in [3.05, 3.63) is 23.9 Å². The zero-order chi connectivity index (χ0) is 10.3. The molecular weight excluding hydrogens is 166 g/mol. The summed E-state index contributed by atoms with van der Waals surface area (Å²) in [5, 5.41) is 2.48. The van der Waals surface area contributed by atoms with E-state index in [1.165, 1.54) is 6.20 Å². The number of carbonyl (C=O) groups is 1. The number of nitrogens with one attached hydrogen (secondary N) is 1. The van der Waals surface area contributed by atoms with E-state index in [0.717, 1.165) is 0 Å². The lowest BCUT2D eigenvalue weighted by Gasteiger charge is -1.97. The number of nitrogens with two attached hydrogens (primary N) is 1. The van der Waals surface area contributed by atoms with E-state index in [9.17, 15) is 4.79 Å². The quantitative estimate of drug-likeness (QED) is 0.680. The second-order valence-corrected chi connectivity index (χ2v) is 2.05. The predicted molar refractivity (Wildman–Crippen MR) is 53.4 cm³/mol. The third-order valence-corrected chi connectivity index (χ3v) is 1.28. The highest BCUT2D eigenvalue weighted by Gasteiger charge is 2.00. The van der Waals surface area contributed by atoms with Crippen LogP contribution in [0.1, 0.15) is 24.2 Å². The molecule has 1 aromatic heterocycles. The van der Waals surface area contributed by atoms with Gasteiger partial charge in [0.05, 0.1) is 5.56 Å². The molecule has 4 nitrogen and oxygen atoms in total. The summed E-state index contributed by atoms with van der Waals surface area (Å²) in [5.41, 5.74) is 5.84. The van der Waals surface area contributed by atoms with E-state index in [0.29, 0.717) is 11.4 Å². The molecule has 0 aromatic carbocycles. The second kappa shape index (κ2) is 5.99. The molecule has 1 amide bonds. The third kappa shape index (κ3) is 3.55. The van der Waals surface area contributed by atoms with Crippen LogP contribution < -0.4 is 11.1 Å². The van der Waals surface area contributed by atoms with Crippen LogP contribution >= 0.6 is 0 Å². The predicted octanol–water partition coefficient (Wildman–Crippen LogP) is 1.05. The number of aromatic nitrogens is 1. The molecule has 1 rings (SSSR count). The monoisotopic (exact) mass is 181 g/mol. The van der Waals surface area contributed by atoms with Crippen LogP contribution in [0.4, 0.5) is 5.82 Å². The van der Waals surface area contributed by atoms with Crippen LogP contribution in [0.15, 0.2) is 18.3 Å². The number of anilines is 1. The molecule has 72 valence electrons. The van der Waals surface area contributed by atoms with E-state index < -0.39 is 0 Å². The minimum absolute atomic E-state index is 0.155. The van der Waals surface area contributed by atoms with Gasteiger partial charge < -0.3 is 11.1 Å². The summed E-state index contributed by atoms with van der Waals surface area (Å²) in [7, 11) is 1.57. The van der Waals surface area contributed by atoms with E-state index in [1.807, 2.05) is 13.8 Å². The number of carbonyl (C=O) groups excluding carboxylic acids is 1. The van der Waals surface area contributed by atoms with Gasteiger partial charge in [0.15, 0.2) is 0 Å². The number of amides is 1. The normalized spacial score (nSPS) is 8.23. The Hall–Kier alpha value is -1.58. The van der Waals surface area contributed by atoms with Gasteiger partial charge in [-0.25, -0.2) is 4.98 Å². The zero-order valence-electron chi connectivity index (χ0n) is 8.16. The SMILES string of the molecule is CC.CNC(=O)c1ccc(N)nc1. The molecule has 0 saturated heterocycles. The number of hydrogen-bond acceptors (Lipinski definition) is 3. The molecule has 0 aliphatic rings. The molecule has 0 bridgehead atoms. The summed E-state index contributed by atoms with van der Waals surface area (Å²) < 4.78 is 0. The fourth-order valence-electron chi connectivity index (χ4n) is 0.684. The van der Waals surface area contributed by atoms with Crippen molar-refractivity contribution in [2.24, 2.45) is 0 Å². The highest BCUT2D eigenvalue weighted by Crippen LogP contribution is 1.99. The molecule has 0 spiro atoms. The first-order valence-electron chi connectivity index (χ1n) is 4.17. The lowest BCUT2D eigenvalue weighted by Crippen LogP contribution is -2.17. The minimum atomic E-state index is -0.155. The van der Waals surface area contributed by atoms with Gasteiger partial charge in [0.1, 0.15) is 5.82 Å². The van der Waals surface area contributed by atoms with Crippen molar-refractivity contribution >= 4 is 11.7 Å². The van der Waals surface area contributed by atoms with Crippen molar-refractivity contribution in [1.82, 2.24) is 10.3 Å². The van der Waals surface area contributed by atoms with E-state index in [2.05, 4.69) is 10.3 Å². The molecule has 0 fully saturated rings. The summed E-state index contributed by atoms with van der Waals surface area (Å²) in [6.45, 7) is 4.00. The molecule has 0 radical (unpaired) electrons. The van der Waals surface area contributed by atoms with Gasteiger partial charge in [0.2, 0.25) is 0 Å². The Morgan fingerprint density at radius 2 is 2.08 bits per heavy atom. The van der Waals surface area contributed by atoms with E-state index in [4.69, 9.17) is 5.73 Å².